The van der Waals surface area contributed by atoms with E-state index in [1.807, 2.05) is 4.72 Å². The number of benzene rings is 2. The first kappa shape index (κ1) is 27.3. The van der Waals surface area contributed by atoms with Crippen LogP contribution < -0.4 is 24.4 Å². The molecule has 3 rings (SSSR count). The number of halogens is 1. The molecular formula is C26H26FN3O6S. The molecule has 1 aliphatic rings. The number of likely N-dealkylation sites (N-methyl/N-ethyl adjacent to an activating group) is 1. The monoisotopic (exact) mass is 527 g/mol. The number of carbonyl (C=O) groups excluding carboxylic acids is 2. The lowest BCUT2D eigenvalue weighted by atomic mass is 10.0. The Morgan fingerprint density at radius 3 is 2.57 bits per heavy atom. The molecule has 2 N–H and O–H groups in total. The van der Waals surface area contributed by atoms with Gasteiger partial charge in [-0.1, -0.05) is 30.2 Å². The van der Waals surface area contributed by atoms with Crippen LogP contribution in [0.4, 0.5) is 14.9 Å². The van der Waals surface area contributed by atoms with Crippen molar-refractivity contribution < 1.29 is 31.9 Å². The number of allylic oxidation sites excluding steroid dienone is 3. The predicted molar refractivity (Wildman–Crippen MR) is 137 cm³/mol. The molecule has 0 aliphatic carbocycles. The van der Waals surface area contributed by atoms with Gasteiger partial charge in [-0.05, 0) is 48.4 Å². The number of anilines is 1. The Kier molecular flexibility index (Phi) is 8.92. The van der Waals surface area contributed by atoms with Crippen molar-refractivity contribution in [2.24, 2.45) is 0 Å². The summed E-state index contributed by atoms with van der Waals surface area (Å²) in [4.78, 5) is 27.4. The minimum atomic E-state index is -4.14. The molecule has 0 fully saturated rings. The van der Waals surface area contributed by atoms with E-state index in [0.717, 1.165) is 12.1 Å². The Bertz CT molecular complexity index is 1360. The van der Waals surface area contributed by atoms with Crippen molar-refractivity contribution in [2.75, 3.05) is 18.7 Å². The van der Waals surface area contributed by atoms with Crippen LogP contribution in [0, 0.1) is 18.2 Å². The highest BCUT2D eigenvalue weighted by Gasteiger charge is 2.28. The van der Waals surface area contributed by atoms with E-state index >= 15 is 0 Å². The van der Waals surface area contributed by atoms with Gasteiger partial charge in [-0.2, -0.15) is 0 Å². The number of carbonyl (C=O) groups is 2. The second kappa shape index (κ2) is 12.1. The van der Waals surface area contributed by atoms with E-state index in [2.05, 4.69) is 11.2 Å². The van der Waals surface area contributed by atoms with Gasteiger partial charge in [0.1, 0.15) is 11.9 Å². The number of nitrogens with zero attached hydrogens (tertiary/aromatic N) is 1. The first-order chi connectivity index (χ1) is 17.6. The average Bonchev–Trinajstić information content (AvgIpc) is 3.33. The summed E-state index contributed by atoms with van der Waals surface area (Å²) in [7, 11) is -2.62. The molecule has 0 radical (unpaired) electrons. The zero-order valence-corrected chi connectivity index (χ0v) is 21.0. The van der Waals surface area contributed by atoms with Crippen LogP contribution in [0.25, 0.3) is 0 Å². The molecule has 2 aromatic carbocycles. The quantitative estimate of drug-likeness (QED) is 0.382. The highest BCUT2D eigenvalue weighted by atomic mass is 32.2. The molecule has 1 unspecified atom stereocenters. The first-order valence-electron chi connectivity index (χ1n) is 11.1. The summed E-state index contributed by atoms with van der Waals surface area (Å²) in [5.41, 5.74) is 1.41. The number of ether oxygens (including phenoxy) is 2. The molecule has 0 aromatic heterocycles. The fourth-order valence-electron chi connectivity index (χ4n) is 3.49. The third-order valence-corrected chi connectivity index (χ3v) is 6.61. The maximum atomic E-state index is 13.4. The fraction of sp³-hybridized carbons (Fsp3) is 0.231. The Morgan fingerprint density at radius 2 is 1.89 bits per heavy atom. The summed E-state index contributed by atoms with van der Waals surface area (Å²) in [6.45, 7) is 1.81. The standard InChI is InChI=1S/C26H26FN3O6S/c1-4-6-7-18(5-2)14-22(25(31)30(3)21-12-13-23-24(15-21)36-17-35-23)28-26(32)29-37(33,34)16-19-8-10-20(27)11-9-19/h1,5-13,15,22H,14,16-17H2,2-3H3,(H2,28,29,32). The van der Waals surface area contributed by atoms with Crippen molar-refractivity contribution in [2.45, 2.75) is 25.1 Å². The normalized spacial score (nSPS) is 13.6. The zero-order chi connectivity index (χ0) is 27.0. The lowest BCUT2D eigenvalue weighted by Gasteiger charge is -2.25. The number of terminal acetylenes is 1. The molecule has 2 aromatic rings. The maximum Gasteiger partial charge on any atom is 0.329 e. The fourth-order valence-corrected chi connectivity index (χ4v) is 4.54. The van der Waals surface area contributed by atoms with Gasteiger partial charge < -0.3 is 19.7 Å². The van der Waals surface area contributed by atoms with Crippen LogP contribution >= 0.6 is 0 Å². The van der Waals surface area contributed by atoms with Crippen LogP contribution in [0.5, 0.6) is 11.5 Å². The summed E-state index contributed by atoms with van der Waals surface area (Å²) < 4.78 is 50.7. The predicted octanol–water partition coefficient (Wildman–Crippen LogP) is 3.24. The van der Waals surface area contributed by atoms with E-state index in [4.69, 9.17) is 15.9 Å². The number of urea groups is 1. The number of amides is 3. The van der Waals surface area contributed by atoms with Gasteiger partial charge in [0.05, 0.1) is 5.75 Å². The average molecular weight is 528 g/mol. The number of nitrogens with one attached hydrogen (secondary N) is 2. The molecule has 37 heavy (non-hydrogen) atoms. The van der Waals surface area contributed by atoms with Crippen molar-refractivity contribution in [3.63, 3.8) is 0 Å². The molecule has 1 atom stereocenters. The molecule has 0 bridgehead atoms. The molecule has 1 heterocycles. The van der Waals surface area contributed by atoms with E-state index in [-0.39, 0.29) is 18.8 Å². The molecule has 194 valence electrons. The SMILES string of the molecule is C#CC=CC(=CC)CC(NC(=O)NS(=O)(=O)Cc1ccc(F)cc1)C(=O)N(C)c1ccc2c(c1)OCO2. The molecule has 0 saturated heterocycles. The van der Waals surface area contributed by atoms with Crippen LogP contribution in [0.15, 0.2) is 66.3 Å². The van der Waals surface area contributed by atoms with Gasteiger partial charge in [0.15, 0.2) is 11.5 Å². The van der Waals surface area contributed by atoms with Gasteiger partial charge in [-0.3, -0.25) is 4.79 Å². The number of rotatable bonds is 9. The van der Waals surface area contributed by atoms with Crippen molar-refractivity contribution in [1.29, 1.82) is 0 Å². The summed E-state index contributed by atoms with van der Waals surface area (Å²) in [6, 6.07) is 7.54. The Hall–Kier alpha value is -4.30. The molecule has 0 saturated carbocycles. The Balaban J connectivity index is 1.78. The van der Waals surface area contributed by atoms with Gasteiger partial charge in [0, 0.05) is 25.2 Å². The number of hydrogen-bond acceptors (Lipinski definition) is 6. The van der Waals surface area contributed by atoms with Gasteiger partial charge in [-0.15, -0.1) is 6.42 Å². The van der Waals surface area contributed by atoms with Crippen molar-refractivity contribution in [1.82, 2.24) is 10.0 Å². The second-order valence-corrected chi connectivity index (χ2v) is 9.74. The molecule has 3 amide bonds. The van der Waals surface area contributed by atoms with E-state index in [1.54, 1.807) is 37.3 Å². The molecule has 9 nitrogen and oxygen atoms in total. The smallest absolute Gasteiger partial charge is 0.329 e. The van der Waals surface area contributed by atoms with Gasteiger partial charge in [0.2, 0.25) is 22.7 Å². The highest BCUT2D eigenvalue weighted by Crippen LogP contribution is 2.35. The minimum Gasteiger partial charge on any atom is -0.454 e. The molecule has 11 heteroatoms. The maximum absolute atomic E-state index is 13.4. The largest absolute Gasteiger partial charge is 0.454 e. The Labute approximate surface area is 215 Å². The lowest BCUT2D eigenvalue weighted by molar-refractivity contribution is -0.120. The topological polar surface area (TPSA) is 114 Å². The molecule has 1 aliphatic heterocycles. The third kappa shape index (κ3) is 7.59. The number of fused-ring (bicyclic) bond motifs is 1. The highest BCUT2D eigenvalue weighted by molar-refractivity contribution is 7.89. The summed E-state index contributed by atoms with van der Waals surface area (Å²) in [5.74, 6) is 1.79. The summed E-state index contributed by atoms with van der Waals surface area (Å²) in [5, 5.41) is 2.45. The van der Waals surface area contributed by atoms with Gasteiger partial charge in [0.25, 0.3) is 0 Å². The zero-order valence-electron chi connectivity index (χ0n) is 20.2. The number of sulfonamides is 1. The number of hydrogen-bond donors (Lipinski definition) is 2. The summed E-state index contributed by atoms with van der Waals surface area (Å²) >= 11 is 0. The Morgan fingerprint density at radius 1 is 1.19 bits per heavy atom. The minimum absolute atomic E-state index is 0.0356. The van der Waals surface area contributed by atoms with Crippen LogP contribution in [0.3, 0.4) is 0 Å². The lowest BCUT2D eigenvalue weighted by Crippen LogP contribution is -2.51. The van der Waals surface area contributed by atoms with Gasteiger partial charge in [-0.25, -0.2) is 22.3 Å². The van der Waals surface area contributed by atoms with E-state index in [0.29, 0.717) is 22.8 Å². The van der Waals surface area contributed by atoms with Crippen molar-refractivity contribution >= 4 is 27.6 Å². The van der Waals surface area contributed by atoms with Gasteiger partial charge >= 0.3 is 6.03 Å². The molecule has 0 spiro atoms. The summed E-state index contributed by atoms with van der Waals surface area (Å²) in [6.07, 6.45) is 10.1. The van der Waals surface area contributed by atoms with Crippen LogP contribution in [0.2, 0.25) is 0 Å². The van der Waals surface area contributed by atoms with Crippen LogP contribution in [0.1, 0.15) is 18.9 Å². The van der Waals surface area contributed by atoms with Crippen molar-refractivity contribution in [3.05, 3.63) is 77.6 Å². The van der Waals surface area contributed by atoms with Crippen LogP contribution in [-0.4, -0.2) is 40.2 Å². The third-order valence-electron chi connectivity index (χ3n) is 5.40. The molecular weight excluding hydrogens is 501 g/mol. The first-order valence-corrected chi connectivity index (χ1v) is 12.8. The van der Waals surface area contributed by atoms with E-state index in [1.165, 1.54) is 30.2 Å². The van der Waals surface area contributed by atoms with E-state index < -0.39 is 39.6 Å². The van der Waals surface area contributed by atoms with Crippen molar-refractivity contribution in [3.8, 4) is 23.8 Å². The van der Waals surface area contributed by atoms with Crippen LogP contribution in [-0.2, 0) is 20.6 Å². The second-order valence-electron chi connectivity index (χ2n) is 8.02. The van der Waals surface area contributed by atoms with E-state index in [9.17, 15) is 22.4 Å².